The molecular weight excluding hydrogens is 354 g/mol. The van der Waals surface area contributed by atoms with E-state index in [9.17, 15) is 13.2 Å². The van der Waals surface area contributed by atoms with E-state index in [0.717, 1.165) is 12.8 Å². The van der Waals surface area contributed by atoms with Crippen molar-refractivity contribution in [1.29, 1.82) is 0 Å². The van der Waals surface area contributed by atoms with E-state index in [0.29, 0.717) is 31.0 Å². The Kier molecular flexibility index (Phi) is 6.69. The molecule has 0 saturated carbocycles. The first-order valence-corrected chi connectivity index (χ1v) is 10.4. The van der Waals surface area contributed by atoms with Gasteiger partial charge in [0.05, 0.1) is 11.5 Å². The standard InChI is InChI=1S/C19H29NO5S/c1-15-7-5-6-8-17(15)26(22,23)24-14-11-16-9-12-20(13-10-16)18(21)25-19(2,3)4/h5-8,16H,9-14H2,1-4H3. The Bertz CT molecular complexity index is 716. The maximum absolute atomic E-state index is 12.3. The lowest BCUT2D eigenvalue weighted by Gasteiger charge is -2.33. The van der Waals surface area contributed by atoms with Gasteiger partial charge in [0.1, 0.15) is 5.60 Å². The van der Waals surface area contributed by atoms with Crippen molar-refractivity contribution in [2.24, 2.45) is 5.92 Å². The second kappa shape index (κ2) is 8.39. The molecule has 6 nitrogen and oxygen atoms in total. The van der Waals surface area contributed by atoms with E-state index in [-0.39, 0.29) is 17.6 Å². The van der Waals surface area contributed by atoms with Gasteiger partial charge in [0, 0.05) is 13.1 Å². The van der Waals surface area contributed by atoms with Crippen LogP contribution >= 0.6 is 0 Å². The molecule has 1 heterocycles. The van der Waals surface area contributed by atoms with Gasteiger partial charge in [-0.25, -0.2) is 4.79 Å². The molecule has 146 valence electrons. The number of hydrogen-bond acceptors (Lipinski definition) is 5. The minimum absolute atomic E-state index is 0.160. The second-order valence-electron chi connectivity index (χ2n) is 7.74. The minimum Gasteiger partial charge on any atom is -0.444 e. The first kappa shape index (κ1) is 20.7. The summed E-state index contributed by atoms with van der Waals surface area (Å²) in [4.78, 5) is 14.0. The van der Waals surface area contributed by atoms with Crippen molar-refractivity contribution < 1.29 is 22.1 Å². The van der Waals surface area contributed by atoms with Gasteiger partial charge < -0.3 is 9.64 Å². The third-order valence-electron chi connectivity index (χ3n) is 4.39. The zero-order valence-electron chi connectivity index (χ0n) is 16.0. The van der Waals surface area contributed by atoms with Crippen LogP contribution in [0.3, 0.4) is 0 Å². The van der Waals surface area contributed by atoms with Gasteiger partial charge in [-0.3, -0.25) is 4.18 Å². The van der Waals surface area contributed by atoms with Crippen LogP contribution in [0.2, 0.25) is 0 Å². The van der Waals surface area contributed by atoms with Crippen LogP contribution in [-0.2, 0) is 19.0 Å². The van der Waals surface area contributed by atoms with Gasteiger partial charge in [0.25, 0.3) is 10.1 Å². The monoisotopic (exact) mass is 383 g/mol. The average Bonchev–Trinajstić information content (AvgIpc) is 2.54. The molecule has 1 amide bonds. The van der Waals surface area contributed by atoms with Gasteiger partial charge in [-0.15, -0.1) is 0 Å². The van der Waals surface area contributed by atoms with E-state index in [1.807, 2.05) is 20.8 Å². The van der Waals surface area contributed by atoms with Crippen molar-refractivity contribution in [3.8, 4) is 0 Å². The molecule has 1 saturated heterocycles. The molecule has 1 aromatic carbocycles. The van der Waals surface area contributed by atoms with Crippen LogP contribution in [0.15, 0.2) is 29.2 Å². The molecular formula is C19H29NO5S. The number of carbonyl (C=O) groups excluding carboxylic acids is 1. The number of piperidine rings is 1. The topological polar surface area (TPSA) is 72.9 Å². The third kappa shape index (κ3) is 5.99. The number of benzene rings is 1. The van der Waals surface area contributed by atoms with Crippen molar-refractivity contribution in [3.63, 3.8) is 0 Å². The lowest BCUT2D eigenvalue weighted by molar-refractivity contribution is 0.0177. The summed E-state index contributed by atoms with van der Waals surface area (Å²) in [6.07, 6.45) is 2.03. The normalized spacial score (nSPS) is 16.5. The van der Waals surface area contributed by atoms with Crippen molar-refractivity contribution in [1.82, 2.24) is 4.90 Å². The van der Waals surface area contributed by atoms with Gasteiger partial charge in [0.15, 0.2) is 0 Å². The summed E-state index contributed by atoms with van der Waals surface area (Å²) in [5.41, 5.74) is 0.185. The lowest BCUT2D eigenvalue weighted by Crippen LogP contribution is -2.41. The van der Waals surface area contributed by atoms with E-state index < -0.39 is 15.7 Å². The molecule has 0 aliphatic carbocycles. The third-order valence-corrected chi connectivity index (χ3v) is 5.87. The molecule has 0 aromatic heterocycles. The average molecular weight is 384 g/mol. The zero-order valence-corrected chi connectivity index (χ0v) is 16.8. The Morgan fingerprint density at radius 3 is 2.38 bits per heavy atom. The Labute approximate surface area is 156 Å². The largest absolute Gasteiger partial charge is 0.444 e. The highest BCUT2D eigenvalue weighted by molar-refractivity contribution is 7.86. The van der Waals surface area contributed by atoms with Gasteiger partial charge in [-0.1, -0.05) is 18.2 Å². The van der Waals surface area contributed by atoms with E-state index in [1.165, 1.54) is 0 Å². The highest BCUT2D eigenvalue weighted by Gasteiger charge is 2.27. The summed E-state index contributed by atoms with van der Waals surface area (Å²) in [7, 11) is -3.72. The quantitative estimate of drug-likeness (QED) is 0.724. The number of hydrogen-bond donors (Lipinski definition) is 0. The smallest absolute Gasteiger partial charge is 0.410 e. The number of rotatable bonds is 5. The minimum atomic E-state index is -3.72. The predicted molar refractivity (Wildman–Crippen MR) is 99.5 cm³/mol. The number of nitrogens with zero attached hydrogens (tertiary/aromatic N) is 1. The summed E-state index contributed by atoms with van der Waals surface area (Å²) >= 11 is 0. The number of ether oxygens (including phenoxy) is 1. The van der Waals surface area contributed by atoms with E-state index in [4.69, 9.17) is 8.92 Å². The molecule has 1 fully saturated rings. The Balaban J connectivity index is 1.77. The maximum atomic E-state index is 12.3. The first-order valence-electron chi connectivity index (χ1n) is 9.01. The first-order chi connectivity index (χ1) is 12.1. The molecule has 1 aromatic rings. The van der Waals surface area contributed by atoms with Gasteiger partial charge in [-0.05, 0) is 64.5 Å². The summed E-state index contributed by atoms with van der Waals surface area (Å²) < 4.78 is 35.1. The van der Waals surface area contributed by atoms with Crippen molar-refractivity contribution in [2.75, 3.05) is 19.7 Å². The highest BCUT2D eigenvalue weighted by Crippen LogP contribution is 2.23. The van der Waals surface area contributed by atoms with Crippen LogP contribution < -0.4 is 0 Å². The predicted octanol–water partition coefficient (Wildman–Crippen LogP) is 3.74. The summed E-state index contributed by atoms with van der Waals surface area (Å²) in [5.74, 6) is 0.348. The molecule has 1 aliphatic rings. The fraction of sp³-hybridized carbons (Fsp3) is 0.632. The molecule has 0 radical (unpaired) electrons. The van der Waals surface area contributed by atoms with Crippen LogP contribution in [0, 0.1) is 12.8 Å². The number of amides is 1. The fourth-order valence-corrected chi connectivity index (χ4v) is 4.11. The summed E-state index contributed by atoms with van der Waals surface area (Å²) in [5, 5.41) is 0. The van der Waals surface area contributed by atoms with E-state index in [1.54, 1.807) is 36.1 Å². The zero-order chi connectivity index (χ0) is 19.4. The summed E-state index contributed by atoms with van der Waals surface area (Å²) in [6, 6.07) is 6.80. The number of carbonyl (C=O) groups is 1. The van der Waals surface area contributed by atoms with Gasteiger partial charge in [-0.2, -0.15) is 8.42 Å². The van der Waals surface area contributed by atoms with Crippen molar-refractivity contribution >= 4 is 16.2 Å². The summed E-state index contributed by atoms with van der Waals surface area (Å²) in [6.45, 7) is 8.72. The van der Waals surface area contributed by atoms with Gasteiger partial charge >= 0.3 is 6.09 Å². The van der Waals surface area contributed by atoms with Crippen molar-refractivity contribution in [2.45, 2.75) is 57.5 Å². The Morgan fingerprint density at radius 1 is 1.19 bits per heavy atom. The maximum Gasteiger partial charge on any atom is 0.410 e. The lowest BCUT2D eigenvalue weighted by atomic mass is 9.94. The highest BCUT2D eigenvalue weighted by atomic mass is 32.2. The molecule has 0 unspecified atom stereocenters. The van der Waals surface area contributed by atoms with Crippen LogP contribution in [0.5, 0.6) is 0 Å². The SMILES string of the molecule is Cc1ccccc1S(=O)(=O)OCCC1CCN(C(=O)OC(C)(C)C)CC1. The van der Waals surface area contributed by atoms with Crippen LogP contribution in [0.4, 0.5) is 4.79 Å². The van der Waals surface area contributed by atoms with E-state index in [2.05, 4.69) is 0 Å². The molecule has 7 heteroatoms. The Hall–Kier alpha value is -1.60. The number of aryl methyl sites for hydroxylation is 1. The molecule has 2 rings (SSSR count). The van der Waals surface area contributed by atoms with Gasteiger partial charge in [0.2, 0.25) is 0 Å². The van der Waals surface area contributed by atoms with Crippen LogP contribution in [0.1, 0.15) is 45.6 Å². The van der Waals surface area contributed by atoms with Crippen LogP contribution in [-0.4, -0.2) is 44.7 Å². The molecule has 0 atom stereocenters. The second-order valence-corrected chi connectivity index (χ2v) is 9.32. The van der Waals surface area contributed by atoms with Crippen molar-refractivity contribution in [3.05, 3.63) is 29.8 Å². The molecule has 26 heavy (non-hydrogen) atoms. The Morgan fingerprint density at radius 2 is 1.81 bits per heavy atom. The van der Waals surface area contributed by atoms with Crippen LogP contribution in [0.25, 0.3) is 0 Å². The fourth-order valence-electron chi connectivity index (χ4n) is 2.96. The molecule has 0 bridgehead atoms. The number of likely N-dealkylation sites (tertiary alicyclic amines) is 1. The molecule has 1 aliphatic heterocycles. The molecule has 0 N–H and O–H groups in total. The van der Waals surface area contributed by atoms with E-state index >= 15 is 0 Å². The molecule has 0 spiro atoms.